The van der Waals surface area contributed by atoms with Gasteiger partial charge in [-0.25, -0.2) is 0 Å². The Bertz CT molecular complexity index is 211. The molecule has 2 aliphatic rings. The molecule has 80 valence electrons. The van der Waals surface area contributed by atoms with E-state index in [0.29, 0.717) is 12.6 Å². The first-order chi connectivity index (χ1) is 6.75. The second kappa shape index (κ2) is 4.30. The molecule has 1 saturated carbocycles. The van der Waals surface area contributed by atoms with E-state index < -0.39 is 0 Å². The van der Waals surface area contributed by atoms with Crippen LogP contribution in [0.15, 0.2) is 0 Å². The molecule has 14 heavy (non-hydrogen) atoms. The van der Waals surface area contributed by atoms with Crippen LogP contribution in [0.4, 0.5) is 0 Å². The van der Waals surface area contributed by atoms with Gasteiger partial charge in [0.25, 0.3) is 0 Å². The van der Waals surface area contributed by atoms with Crippen LogP contribution in [0.5, 0.6) is 0 Å². The highest BCUT2D eigenvalue weighted by Crippen LogP contribution is 2.25. The molecule has 2 fully saturated rings. The minimum Gasteiger partial charge on any atom is -0.381 e. The van der Waals surface area contributed by atoms with Gasteiger partial charge in [-0.3, -0.25) is 4.79 Å². The van der Waals surface area contributed by atoms with Crippen LogP contribution < -0.4 is 5.32 Å². The Morgan fingerprint density at radius 1 is 1.36 bits per heavy atom. The van der Waals surface area contributed by atoms with Crippen molar-refractivity contribution in [3.8, 4) is 0 Å². The third kappa shape index (κ3) is 2.27. The lowest BCUT2D eigenvalue weighted by atomic mass is 10.1. The molecule has 3 unspecified atom stereocenters. The number of ether oxygens (including phenoxy) is 1. The molecule has 0 radical (unpaired) electrons. The summed E-state index contributed by atoms with van der Waals surface area (Å²) < 4.78 is 5.20. The van der Waals surface area contributed by atoms with E-state index in [1.807, 2.05) is 0 Å². The zero-order valence-corrected chi connectivity index (χ0v) is 8.79. The Morgan fingerprint density at radius 2 is 2.21 bits per heavy atom. The standard InChI is InChI=1S/C11H19NO2/c1-8-2-3-10(6-8)12-11(13)9-4-5-14-7-9/h8-10H,2-7H2,1H3,(H,12,13). The van der Waals surface area contributed by atoms with Gasteiger partial charge in [0.2, 0.25) is 5.91 Å². The van der Waals surface area contributed by atoms with Gasteiger partial charge in [0, 0.05) is 12.6 Å². The SMILES string of the molecule is CC1CCC(NC(=O)C2CCOC2)C1. The third-order valence-electron chi connectivity index (χ3n) is 3.34. The van der Waals surface area contributed by atoms with Gasteiger partial charge in [-0.05, 0) is 31.6 Å². The van der Waals surface area contributed by atoms with Crippen LogP contribution in [-0.4, -0.2) is 25.2 Å². The predicted molar refractivity (Wildman–Crippen MR) is 53.9 cm³/mol. The molecule has 3 nitrogen and oxygen atoms in total. The van der Waals surface area contributed by atoms with Gasteiger partial charge in [0.05, 0.1) is 12.5 Å². The molecule has 1 aliphatic heterocycles. The van der Waals surface area contributed by atoms with Crippen molar-refractivity contribution in [3.05, 3.63) is 0 Å². The average Bonchev–Trinajstić information content (AvgIpc) is 2.75. The summed E-state index contributed by atoms with van der Waals surface area (Å²) in [5.74, 6) is 1.10. The highest BCUT2D eigenvalue weighted by atomic mass is 16.5. The predicted octanol–water partition coefficient (Wildman–Crippen LogP) is 1.33. The molecule has 3 heteroatoms. The molecule has 0 aromatic rings. The molecule has 1 amide bonds. The zero-order valence-electron chi connectivity index (χ0n) is 8.79. The third-order valence-corrected chi connectivity index (χ3v) is 3.34. The summed E-state index contributed by atoms with van der Waals surface area (Å²) in [6.07, 6.45) is 4.46. The summed E-state index contributed by atoms with van der Waals surface area (Å²) in [7, 11) is 0. The second-order valence-corrected chi connectivity index (χ2v) is 4.68. The van der Waals surface area contributed by atoms with Crippen molar-refractivity contribution in [2.24, 2.45) is 11.8 Å². The Hall–Kier alpha value is -0.570. The van der Waals surface area contributed by atoms with Gasteiger partial charge in [0.15, 0.2) is 0 Å². The number of hydrogen-bond acceptors (Lipinski definition) is 2. The normalized spacial score (nSPS) is 37.4. The summed E-state index contributed by atoms with van der Waals surface area (Å²) in [6.45, 7) is 3.62. The van der Waals surface area contributed by atoms with E-state index in [2.05, 4.69) is 12.2 Å². The highest BCUT2D eigenvalue weighted by Gasteiger charge is 2.28. The number of hydrogen-bond donors (Lipinski definition) is 1. The Morgan fingerprint density at radius 3 is 2.79 bits per heavy atom. The molecule has 1 aliphatic carbocycles. The fourth-order valence-electron chi connectivity index (χ4n) is 2.40. The van der Waals surface area contributed by atoms with Gasteiger partial charge in [0.1, 0.15) is 0 Å². The molecule has 0 aromatic heterocycles. The fraction of sp³-hybridized carbons (Fsp3) is 0.909. The van der Waals surface area contributed by atoms with Crippen molar-refractivity contribution in [3.63, 3.8) is 0 Å². The Balaban J connectivity index is 1.76. The van der Waals surface area contributed by atoms with E-state index in [9.17, 15) is 4.79 Å². The van der Waals surface area contributed by atoms with Crippen LogP contribution in [0.25, 0.3) is 0 Å². The van der Waals surface area contributed by atoms with Gasteiger partial charge >= 0.3 is 0 Å². The molecular weight excluding hydrogens is 178 g/mol. The Labute approximate surface area is 85.2 Å². The molecule has 3 atom stereocenters. The quantitative estimate of drug-likeness (QED) is 0.725. The van der Waals surface area contributed by atoms with E-state index in [4.69, 9.17) is 4.74 Å². The molecular formula is C11H19NO2. The molecule has 0 spiro atoms. The largest absolute Gasteiger partial charge is 0.381 e. The van der Waals surface area contributed by atoms with E-state index >= 15 is 0 Å². The molecule has 0 aromatic carbocycles. The lowest BCUT2D eigenvalue weighted by Gasteiger charge is -2.15. The first-order valence-corrected chi connectivity index (χ1v) is 5.64. The molecule has 1 heterocycles. The van der Waals surface area contributed by atoms with Crippen molar-refractivity contribution < 1.29 is 9.53 Å². The first kappa shape index (κ1) is 9.97. The maximum atomic E-state index is 11.7. The second-order valence-electron chi connectivity index (χ2n) is 4.68. The Kier molecular flexibility index (Phi) is 3.06. The van der Waals surface area contributed by atoms with Gasteiger partial charge in [-0.15, -0.1) is 0 Å². The number of nitrogens with one attached hydrogen (secondary N) is 1. The van der Waals surface area contributed by atoms with Crippen LogP contribution >= 0.6 is 0 Å². The monoisotopic (exact) mass is 197 g/mol. The summed E-state index contributed by atoms with van der Waals surface area (Å²) in [4.78, 5) is 11.7. The summed E-state index contributed by atoms with van der Waals surface area (Å²) in [6, 6.07) is 0.429. The van der Waals surface area contributed by atoms with Gasteiger partial charge in [-0.1, -0.05) is 6.92 Å². The average molecular weight is 197 g/mol. The number of carbonyl (C=O) groups excluding carboxylic acids is 1. The maximum Gasteiger partial charge on any atom is 0.225 e. The number of amides is 1. The highest BCUT2D eigenvalue weighted by molar-refractivity contribution is 5.79. The van der Waals surface area contributed by atoms with E-state index in [1.165, 1.54) is 6.42 Å². The van der Waals surface area contributed by atoms with Crippen molar-refractivity contribution in [1.82, 2.24) is 5.32 Å². The topological polar surface area (TPSA) is 38.3 Å². The fourth-order valence-corrected chi connectivity index (χ4v) is 2.40. The number of rotatable bonds is 2. The van der Waals surface area contributed by atoms with Crippen molar-refractivity contribution in [2.45, 2.75) is 38.6 Å². The minimum atomic E-state index is 0.117. The van der Waals surface area contributed by atoms with Crippen LogP contribution in [0.3, 0.4) is 0 Å². The first-order valence-electron chi connectivity index (χ1n) is 5.64. The lowest BCUT2D eigenvalue weighted by Crippen LogP contribution is -2.37. The van der Waals surface area contributed by atoms with Crippen molar-refractivity contribution in [1.29, 1.82) is 0 Å². The van der Waals surface area contributed by atoms with Crippen LogP contribution in [0, 0.1) is 11.8 Å². The minimum absolute atomic E-state index is 0.117. The summed E-state index contributed by atoms with van der Waals surface area (Å²) in [5.41, 5.74) is 0. The van der Waals surface area contributed by atoms with Gasteiger partial charge in [-0.2, -0.15) is 0 Å². The zero-order chi connectivity index (χ0) is 9.97. The van der Waals surface area contributed by atoms with Crippen molar-refractivity contribution >= 4 is 5.91 Å². The van der Waals surface area contributed by atoms with Crippen LogP contribution in [0.2, 0.25) is 0 Å². The number of carbonyl (C=O) groups is 1. The van der Waals surface area contributed by atoms with E-state index in [1.54, 1.807) is 0 Å². The lowest BCUT2D eigenvalue weighted by molar-refractivity contribution is -0.125. The van der Waals surface area contributed by atoms with E-state index in [-0.39, 0.29) is 11.8 Å². The molecule has 1 saturated heterocycles. The smallest absolute Gasteiger partial charge is 0.225 e. The summed E-state index contributed by atoms with van der Waals surface area (Å²) >= 11 is 0. The van der Waals surface area contributed by atoms with Crippen LogP contribution in [-0.2, 0) is 9.53 Å². The molecule has 1 N–H and O–H groups in total. The maximum absolute atomic E-state index is 11.7. The summed E-state index contributed by atoms with van der Waals surface area (Å²) in [5, 5.41) is 3.13. The molecule has 0 bridgehead atoms. The van der Waals surface area contributed by atoms with Gasteiger partial charge < -0.3 is 10.1 Å². The van der Waals surface area contributed by atoms with Crippen LogP contribution in [0.1, 0.15) is 32.6 Å². The van der Waals surface area contributed by atoms with Crippen molar-refractivity contribution in [2.75, 3.05) is 13.2 Å². The van der Waals surface area contributed by atoms with E-state index in [0.717, 1.165) is 31.8 Å². The molecule has 2 rings (SSSR count).